The van der Waals surface area contributed by atoms with Crippen LogP contribution in [-0.4, -0.2) is 28.4 Å². The van der Waals surface area contributed by atoms with Crippen LogP contribution < -0.4 is 10.5 Å². The highest BCUT2D eigenvalue weighted by molar-refractivity contribution is 5.88. The van der Waals surface area contributed by atoms with Gasteiger partial charge >= 0.3 is 5.97 Å². The molecule has 0 unspecified atom stereocenters. The van der Waals surface area contributed by atoms with Crippen molar-refractivity contribution in [3.63, 3.8) is 0 Å². The molecule has 0 aliphatic rings. The highest BCUT2D eigenvalue weighted by atomic mass is 16.5. The number of carboxylic acids is 1. The van der Waals surface area contributed by atoms with E-state index < -0.39 is 5.97 Å². The molecule has 0 radical (unpaired) electrons. The number of carboxylic acid groups (broad SMARTS) is 1. The summed E-state index contributed by atoms with van der Waals surface area (Å²) in [5, 5.41) is 8.65. The summed E-state index contributed by atoms with van der Waals surface area (Å²) in [6, 6.07) is 2.79. The predicted octanol–water partition coefficient (Wildman–Crippen LogP) is 0.590. The zero-order chi connectivity index (χ0) is 12.8. The van der Waals surface area contributed by atoms with Crippen molar-refractivity contribution in [3.8, 4) is 5.88 Å². The van der Waals surface area contributed by atoms with Gasteiger partial charge in [0.15, 0.2) is 5.78 Å². The molecule has 0 aromatic carbocycles. The van der Waals surface area contributed by atoms with Crippen LogP contribution in [0.15, 0.2) is 30.1 Å². The Morgan fingerprint density at radius 1 is 1.53 bits per heavy atom. The Kier molecular flexibility index (Phi) is 4.21. The van der Waals surface area contributed by atoms with Crippen LogP contribution >= 0.6 is 0 Å². The number of ketones is 1. The minimum Gasteiger partial charge on any atom is -0.478 e. The number of ether oxygens (including phenoxy) is 1. The minimum absolute atomic E-state index is 0.0268. The van der Waals surface area contributed by atoms with Crippen molar-refractivity contribution in [3.05, 3.63) is 35.7 Å². The zero-order valence-electron chi connectivity index (χ0n) is 9.21. The molecule has 17 heavy (non-hydrogen) atoms. The molecule has 0 aliphatic carbocycles. The Hall–Kier alpha value is -2.37. The average Bonchev–Trinajstić information content (AvgIpc) is 2.26. The summed E-state index contributed by atoms with van der Waals surface area (Å²) in [6.07, 6.45) is 2.44. The van der Waals surface area contributed by atoms with Crippen molar-refractivity contribution in [1.82, 2.24) is 4.98 Å². The van der Waals surface area contributed by atoms with Gasteiger partial charge in [-0.2, -0.15) is 0 Å². The van der Waals surface area contributed by atoms with Crippen LogP contribution in [0.2, 0.25) is 0 Å². The van der Waals surface area contributed by atoms with Crippen molar-refractivity contribution < 1.29 is 19.4 Å². The summed E-state index contributed by atoms with van der Waals surface area (Å²) in [5.74, 6) is -0.977. The number of rotatable bonds is 5. The minimum atomic E-state index is -1.06. The van der Waals surface area contributed by atoms with E-state index in [-0.39, 0.29) is 29.5 Å². The van der Waals surface area contributed by atoms with E-state index in [9.17, 15) is 9.59 Å². The van der Waals surface area contributed by atoms with Crippen LogP contribution in [-0.2, 0) is 4.79 Å². The SMILES string of the molecule is CC(=O)/C=C(\N)COc1ccc(C(=O)O)cn1. The molecule has 90 valence electrons. The molecule has 0 aliphatic heterocycles. The summed E-state index contributed by atoms with van der Waals surface area (Å²) in [4.78, 5) is 25.0. The van der Waals surface area contributed by atoms with Crippen LogP contribution in [0.5, 0.6) is 5.88 Å². The second-order valence-corrected chi connectivity index (χ2v) is 3.31. The normalized spacial score (nSPS) is 11.0. The topological polar surface area (TPSA) is 103 Å². The summed E-state index contributed by atoms with van der Waals surface area (Å²) in [7, 11) is 0. The molecule has 0 spiro atoms. The van der Waals surface area contributed by atoms with Gasteiger partial charge in [-0.15, -0.1) is 0 Å². The number of nitrogens with zero attached hydrogens (tertiary/aromatic N) is 1. The fourth-order valence-electron chi connectivity index (χ4n) is 1.05. The van der Waals surface area contributed by atoms with Crippen LogP contribution in [0.25, 0.3) is 0 Å². The molecule has 0 bridgehead atoms. The van der Waals surface area contributed by atoms with Gasteiger partial charge in [0.2, 0.25) is 5.88 Å². The quantitative estimate of drug-likeness (QED) is 0.725. The third kappa shape index (κ3) is 4.33. The Bertz CT molecular complexity index is 451. The van der Waals surface area contributed by atoms with E-state index in [1.807, 2.05) is 0 Å². The average molecular weight is 236 g/mol. The highest BCUT2D eigenvalue weighted by Gasteiger charge is 2.03. The Balaban J connectivity index is 2.58. The lowest BCUT2D eigenvalue weighted by atomic mass is 10.3. The summed E-state index contributed by atoms with van der Waals surface area (Å²) in [5.41, 5.74) is 5.85. The number of allylic oxidation sites excluding steroid dienone is 1. The van der Waals surface area contributed by atoms with Gasteiger partial charge in [0, 0.05) is 24.0 Å². The van der Waals surface area contributed by atoms with Crippen molar-refractivity contribution >= 4 is 11.8 Å². The third-order valence-corrected chi connectivity index (χ3v) is 1.76. The molecular formula is C11H12N2O4. The maximum Gasteiger partial charge on any atom is 0.337 e. The molecule has 1 heterocycles. The van der Waals surface area contributed by atoms with Gasteiger partial charge in [-0.25, -0.2) is 9.78 Å². The van der Waals surface area contributed by atoms with Gasteiger partial charge in [-0.1, -0.05) is 0 Å². The van der Waals surface area contributed by atoms with Crippen molar-refractivity contribution in [2.75, 3.05) is 6.61 Å². The number of carbonyl (C=O) groups excluding carboxylic acids is 1. The van der Waals surface area contributed by atoms with Gasteiger partial charge in [-0.05, 0) is 13.0 Å². The van der Waals surface area contributed by atoms with Gasteiger partial charge in [-0.3, -0.25) is 4.79 Å². The summed E-state index contributed by atoms with van der Waals surface area (Å²) in [6.45, 7) is 1.41. The first-order chi connectivity index (χ1) is 7.99. The molecule has 6 nitrogen and oxygen atoms in total. The number of aromatic nitrogens is 1. The van der Waals surface area contributed by atoms with E-state index in [4.69, 9.17) is 15.6 Å². The first kappa shape index (κ1) is 12.7. The molecule has 0 amide bonds. The van der Waals surface area contributed by atoms with Crippen LogP contribution in [0, 0.1) is 0 Å². The lowest BCUT2D eigenvalue weighted by molar-refractivity contribution is -0.112. The van der Waals surface area contributed by atoms with E-state index >= 15 is 0 Å². The fraction of sp³-hybridized carbons (Fsp3) is 0.182. The number of hydrogen-bond acceptors (Lipinski definition) is 5. The lowest BCUT2D eigenvalue weighted by Crippen LogP contribution is -2.11. The van der Waals surface area contributed by atoms with Gasteiger partial charge in [0.25, 0.3) is 0 Å². The summed E-state index contributed by atoms with van der Waals surface area (Å²) >= 11 is 0. The van der Waals surface area contributed by atoms with E-state index in [0.29, 0.717) is 0 Å². The number of aromatic carboxylic acids is 1. The van der Waals surface area contributed by atoms with Crippen LogP contribution in [0.1, 0.15) is 17.3 Å². The van der Waals surface area contributed by atoms with Crippen LogP contribution in [0.4, 0.5) is 0 Å². The Morgan fingerprint density at radius 3 is 2.71 bits per heavy atom. The van der Waals surface area contributed by atoms with Crippen molar-refractivity contribution in [2.45, 2.75) is 6.92 Å². The second-order valence-electron chi connectivity index (χ2n) is 3.31. The number of pyridine rings is 1. The molecule has 0 atom stereocenters. The third-order valence-electron chi connectivity index (χ3n) is 1.76. The van der Waals surface area contributed by atoms with Crippen molar-refractivity contribution in [1.29, 1.82) is 0 Å². The number of carbonyl (C=O) groups is 2. The van der Waals surface area contributed by atoms with Gasteiger partial charge in [0.1, 0.15) is 6.61 Å². The van der Waals surface area contributed by atoms with E-state index in [1.54, 1.807) is 0 Å². The van der Waals surface area contributed by atoms with Gasteiger partial charge < -0.3 is 15.6 Å². The van der Waals surface area contributed by atoms with E-state index in [1.165, 1.54) is 31.3 Å². The fourth-order valence-corrected chi connectivity index (χ4v) is 1.05. The maximum absolute atomic E-state index is 10.7. The standard InChI is InChI=1S/C11H12N2O4/c1-7(14)4-9(12)6-17-10-3-2-8(5-13-10)11(15)16/h2-5H,6,12H2,1H3,(H,15,16)/b9-4-. The molecule has 0 fully saturated rings. The van der Waals surface area contributed by atoms with Gasteiger partial charge in [0.05, 0.1) is 5.56 Å². The molecule has 0 saturated heterocycles. The maximum atomic E-state index is 10.7. The molecule has 1 aromatic rings. The smallest absolute Gasteiger partial charge is 0.337 e. The Labute approximate surface area is 97.7 Å². The van der Waals surface area contributed by atoms with Crippen LogP contribution in [0.3, 0.4) is 0 Å². The Morgan fingerprint density at radius 2 is 2.24 bits per heavy atom. The number of hydrogen-bond donors (Lipinski definition) is 2. The monoisotopic (exact) mass is 236 g/mol. The highest BCUT2D eigenvalue weighted by Crippen LogP contribution is 2.08. The molecule has 1 aromatic heterocycles. The molecule has 6 heteroatoms. The van der Waals surface area contributed by atoms with E-state index in [0.717, 1.165) is 0 Å². The molecule has 1 rings (SSSR count). The zero-order valence-corrected chi connectivity index (χ0v) is 9.21. The summed E-state index contributed by atoms with van der Waals surface area (Å²) < 4.78 is 5.15. The largest absolute Gasteiger partial charge is 0.478 e. The van der Waals surface area contributed by atoms with E-state index in [2.05, 4.69) is 4.98 Å². The first-order valence-corrected chi connectivity index (χ1v) is 4.78. The number of nitrogens with two attached hydrogens (primary N) is 1. The second kappa shape index (κ2) is 5.64. The molecule has 0 saturated carbocycles. The molecular weight excluding hydrogens is 224 g/mol. The van der Waals surface area contributed by atoms with Crippen molar-refractivity contribution in [2.24, 2.45) is 5.73 Å². The molecule has 3 N–H and O–H groups in total. The first-order valence-electron chi connectivity index (χ1n) is 4.78. The predicted molar refractivity (Wildman–Crippen MR) is 59.6 cm³/mol. The lowest BCUT2D eigenvalue weighted by Gasteiger charge is -2.04.